The van der Waals surface area contributed by atoms with Gasteiger partial charge in [-0.25, -0.2) is 24.6 Å². The smallest absolute Gasteiger partial charge is 0.228 e. The first kappa shape index (κ1) is 17.3. The number of fused-ring (bicyclic) bond motifs is 1. The monoisotopic (exact) mass is 390 g/mol. The highest BCUT2D eigenvalue weighted by atomic mass is 16.3. The van der Waals surface area contributed by atoms with E-state index in [1.807, 2.05) is 6.07 Å². The predicted octanol–water partition coefficient (Wildman–Crippen LogP) is 2.47. The van der Waals surface area contributed by atoms with E-state index < -0.39 is 0 Å². The van der Waals surface area contributed by atoms with Gasteiger partial charge < -0.3 is 15.1 Å². The Morgan fingerprint density at radius 3 is 2.79 bits per heavy atom. The third-order valence-corrected chi connectivity index (χ3v) is 4.88. The normalized spacial score (nSPS) is 13.6. The second-order valence-corrected chi connectivity index (χ2v) is 6.89. The molecule has 2 N–H and O–H groups in total. The Hall–Kier alpha value is -3.82. The average Bonchev–Trinajstić information content (AvgIpc) is 3.33. The Morgan fingerprint density at radius 2 is 2.07 bits per heavy atom. The molecule has 1 amide bonds. The number of nitrogens with one attached hydrogen (secondary N) is 2. The molecule has 0 atom stereocenters. The molecule has 4 heterocycles. The Labute approximate surface area is 165 Å². The molecule has 1 aliphatic rings. The number of aryl methyl sites for hydroxylation is 1. The van der Waals surface area contributed by atoms with E-state index >= 15 is 0 Å². The highest BCUT2D eigenvalue weighted by Crippen LogP contribution is 2.34. The molecule has 1 aliphatic carbocycles. The number of hydrogen-bond acceptors (Lipinski definition) is 8. The maximum absolute atomic E-state index is 12.1. The highest BCUT2D eigenvalue weighted by Gasteiger charge is 2.30. The first-order valence-electron chi connectivity index (χ1n) is 9.21. The summed E-state index contributed by atoms with van der Waals surface area (Å²) in [6.45, 7) is 0. The van der Waals surface area contributed by atoms with Gasteiger partial charge in [-0.3, -0.25) is 4.79 Å². The summed E-state index contributed by atoms with van der Waals surface area (Å²) in [6, 6.07) is 1.82. The quantitative estimate of drug-likeness (QED) is 0.533. The van der Waals surface area contributed by atoms with Crippen molar-refractivity contribution in [1.29, 1.82) is 0 Å². The first-order chi connectivity index (χ1) is 14.1. The summed E-state index contributed by atoms with van der Waals surface area (Å²) in [6.07, 6.45) is 8.23. The zero-order valence-electron chi connectivity index (χ0n) is 15.9. The molecule has 4 aromatic rings. The third kappa shape index (κ3) is 3.08. The van der Waals surface area contributed by atoms with Crippen LogP contribution in [0.25, 0.3) is 33.7 Å². The fourth-order valence-electron chi connectivity index (χ4n) is 3.18. The van der Waals surface area contributed by atoms with Crippen LogP contribution in [0.2, 0.25) is 0 Å². The van der Waals surface area contributed by atoms with E-state index in [2.05, 4.69) is 35.7 Å². The Morgan fingerprint density at radius 1 is 1.21 bits per heavy atom. The number of hydrogen-bond donors (Lipinski definition) is 2. The zero-order chi connectivity index (χ0) is 20.0. The number of carbonyl (C=O) groups is 1. The molecule has 5 rings (SSSR count). The summed E-state index contributed by atoms with van der Waals surface area (Å²) in [5.41, 5.74) is 1.26. The van der Waals surface area contributed by atoms with E-state index in [-0.39, 0.29) is 11.8 Å². The van der Waals surface area contributed by atoms with Crippen molar-refractivity contribution in [3.8, 4) is 23.0 Å². The van der Waals surface area contributed by atoms with Crippen LogP contribution in [0.5, 0.6) is 0 Å². The second-order valence-electron chi connectivity index (χ2n) is 6.89. The molecule has 0 radical (unpaired) electrons. The maximum Gasteiger partial charge on any atom is 0.228 e. The van der Waals surface area contributed by atoms with Crippen LogP contribution < -0.4 is 10.6 Å². The van der Waals surface area contributed by atoms with Gasteiger partial charge in [-0.1, -0.05) is 0 Å². The number of oxazole rings is 1. The van der Waals surface area contributed by atoms with E-state index in [0.717, 1.165) is 23.6 Å². The lowest BCUT2D eigenvalue weighted by Gasteiger charge is -2.10. The zero-order valence-corrected chi connectivity index (χ0v) is 15.9. The van der Waals surface area contributed by atoms with Crippen LogP contribution in [0.1, 0.15) is 12.8 Å². The van der Waals surface area contributed by atoms with E-state index in [4.69, 9.17) is 4.42 Å². The lowest BCUT2D eigenvalue weighted by molar-refractivity contribution is -0.117. The van der Waals surface area contributed by atoms with Gasteiger partial charge >= 0.3 is 0 Å². The van der Waals surface area contributed by atoms with Gasteiger partial charge in [0.05, 0.1) is 5.56 Å². The number of rotatable bonds is 5. The van der Waals surface area contributed by atoms with Crippen LogP contribution in [0.3, 0.4) is 0 Å². The standard InChI is InChI=1S/C19H18N8O2/c1-20-16-12-6-21-15(26-18(28)10-3-4-10)5-11(12)13(7-22-16)19-25-14(8-29-19)17-23-9-24-27(17)2/h5-10H,3-4H2,1-2H3,(H,20,22)(H,21,26,28). The number of aromatic nitrogens is 6. The van der Waals surface area contributed by atoms with Crippen molar-refractivity contribution in [2.45, 2.75) is 12.8 Å². The Kier molecular flexibility index (Phi) is 3.97. The lowest BCUT2D eigenvalue weighted by Crippen LogP contribution is -2.14. The summed E-state index contributed by atoms with van der Waals surface area (Å²) in [5.74, 6) is 2.26. The Balaban J connectivity index is 1.60. The topological polar surface area (TPSA) is 124 Å². The summed E-state index contributed by atoms with van der Waals surface area (Å²) in [5, 5.41) is 11.6. The van der Waals surface area contributed by atoms with E-state index in [1.54, 1.807) is 31.2 Å². The van der Waals surface area contributed by atoms with Crippen LogP contribution in [-0.2, 0) is 11.8 Å². The van der Waals surface area contributed by atoms with Crippen LogP contribution in [0, 0.1) is 5.92 Å². The molecule has 29 heavy (non-hydrogen) atoms. The SMILES string of the molecule is CNc1ncc(-c2nc(-c3ncnn3C)co2)c2cc(NC(=O)C3CC3)ncc12. The molecule has 0 unspecified atom stereocenters. The van der Waals surface area contributed by atoms with Crippen LogP contribution in [0.4, 0.5) is 11.6 Å². The molecule has 146 valence electrons. The van der Waals surface area contributed by atoms with Gasteiger partial charge in [0, 0.05) is 43.2 Å². The van der Waals surface area contributed by atoms with Gasteiger partial charge in [0.2, 0.25) is 11.8 Å². The summed E-state index contributed by atoms with van der Waals surface area (Å²) in [4.78, 5) is 29.7. The second kappa shape index (κ2) is 6.66. The molecule has 0 saturated heterocycles. The fourth-order valence-corrected chi connectivity index (χ4v) is 3.18. The molecule has 0 spiro atoms. The van der Waals surface area contributed by atoms with Gasteiger partial charge in [0.25, 0.3) is 0 Å². The van der Waals surface area contributed by atoms with Gasteiger partial charge in [-0.2, -0.15) is 5.10 Å². The average molecular weight is 390 g/mol. The molecular weight excluding hydrogens is 372 g/mol. The minimum atomic E-state index is 0.00184. The highest BCUT2D eigenvalue weighted by molar-refractivity contribution is 6.03. The van der Waals surface area contributed by atoms with E-state index in [0.29, 0.717) is 34.6 Å². The van der Waals surface area contributed by atoms with E-state index in [9.17, 15) is 4.79 Å². The molecule has 4 aromatic heterocycles. The van der Waals surface area contributed by atoms with Crippen molar-refractivity contribution in [3.63, 3.8) is 0 Å². The molecule has 0 aromatic carbocycles. The maximum atomic E-state index is 12.1. The Bertz CT molecular complexity index is 1220. The fraction of sp³-hybridized carbons (Fsp3) is 0.263. The number of carbonyl (C=O) groups excluding carboxylic acids is 1. The van der Waals surface area contributed by atoms with Gasteiger partial charge in [-0.15, -0.1) is 0 Å². The van der Waals surface area contributed by atoms with Crippen molar-refractivity contribution in [3.05, 3.63) is 31.1 Å². The predicted molar refractivity (Wildman–Crippen MR) is 106 cm³/mol. The van der Waals surface area contributed by atoms with Crippen LogP contribution in [-0.4, -0.2) is 42.7 Å². The number of nitrogens with zero attached hydrogens (tertiary/aromatic N) is 6. The van der Waals surface area contributed by atoms with Crippen LogP contribution >= 0.6 is 0 Å². The minimum absolute atomic E-state index is 0.00184. The third-order valence-electron chi connectivity index (χ3n) is 4.88. The molecule has 1 saturated carbocycles. The van der Waals surface area contributed by atoms with Crippen molar-refractivity contribution in [2.75, 3.05) is 17.7 Å². The van der Waals surface area contributed by atoms with E-state index in [1.165, 1.54) is 12.6 Å². The van der Waals surface area contributed by atoms with Gasteiger partial charge in [0.15, 0.2) is 5.82 Å². The largest absolute Gasteiger partial charge is 0.444 e. The molecule has 1 fully saturated rings. The van der Waals surface area contributed by atoms with Crippen molar-refractivity contribution in [2.24, 2.45) is 13.0 Å². The number of amides is 1. The molecule has 0 aliphatic heterocycles. The first-order valence-corrected chi connectivity index (χ1v) is 9.21. The van der Waals surface area contributed by atoms with Crippen molar-refractivity contribution < 1.29 is 9.21 Å². The summed E-state index contributed by atoms with van der Waals surface area (Å²) >= 11 is 0. The summed E-state index contributed by atoms with van der Waals surface area (Å²) < 4.78 is 7.34. The van der Waals surface area contributed by atoms with Crippen molar-refractivity contribution >= 4 is 28.3 Å². The summed E-state index contributed by atoms with van der Waals surface area (Å²) in [7, 11) is 3.58. The number of pyridine rings is 2. The van der Waals surface area contributed by atoms with Gasteiger partial charge in [0.1, 0.15) is 29.9 Å². The molecular formula is C19H18N8O2. The molecule has 10 nitrogen and oxygen atoms in total. The lowest BCUT2D eigenvalue weighted by atomic mass is 10.1. The number of anilines is 2. The minimum Gasteiger partial charge on any atom is -0.444 e. The van der Waals surface area contributed by atoms with Gasteiger partial charge in [-0.05, 0) is 18.9 Å². The van der Waals surface area contributed by atoms with Crippen molar-refractivity contribution in [1.82, 2.24) is 29.7 Å². The molecule has 10 heteroatoms. The van der Waals surface area contributed by atoms with Crippen LogP contribution in [0.15, 0.2) is 35.5 Å². The molecule has 0 bridgehead atoms.